The number of ketones is 1. The van der Waals surface area contributed by atoms with Crippen molar-refractivity contribution in [2.75, 3.05) is 13.1 Å². The van der Waals surface area contributed by atoms with Crippen molar-refractivity contribution in [3.05, 3.63) is 59.4 Å². The van der Waals surface area contributed by atoms with E-state index < -0.39 is 11.7 Å². The lowest BCUT2D eigenvalue weighted by molar-refractivity contribution is 0.0288. The highest BCUT2D eigenvalue weighted by atomic mass is 16.6. The van der Waals surface area contributed by atoms with Gasteiger partial charge in [0.15, 0.2) is 5.78 Å². The first-order valence-electron chi connectivity index (χ1n) is 9.67. The van der Waals surface area contributed by atoms with Gasteiger partial charge >= 0.3 is 6.09 Å². The number of nitrogens with one attached hydrogen (secondary N) is 2. The predicted octanol–water partition coefficient (Wildman–Crippen LogP) is 3.35. The first-order valence-corrected chi connectivity index (χ1v) is 9.67. The van der Waals surface area contributed by atoms with E-state index in [4.69, 9.17) is 4.74 Å². The van der Waals surface area contributed by atoms with Crippen molar-refractivity contribution in [2.45, 2.75) is 45.3 Å². The number of carbonyl (C=O) groups is 3. The van der Waals surface area contributed by atoms with Gasteiger partial charge < -0.3 is 19.9 Å². The average Bonchev–Trinajstić information content (AvgIpc) is 3.28. The predicted molar refractivity (Wildman–Crippen MR) is 109 cm³/mol. The number of carbonyl (C=O) groups excluding carboxylic acids is 3. The van der Waals surface area contributed by atoms with Crippen molar-refractivity contribution in [3.63, 3.8) is 0 Å². The van der Waals surface area contributed by atoms with Crippen LogP contribution in [0, 0.1) is 0 Å². The largest absolute Gasteiger partial charge is 0.444 e. The van der Waals surface area contributed by atoms with Crippen LogP contribution in [0.15, 0.2) is 42.6 Å². The van der Waals surface area contributed by atoms with Crippen molar-refractivity contribution >= 4 is 17.8 Å². The summed E-state index contributed by atoms with van der Waals surface area (Å²) in [5.41, 5.74) is 1.22. The molecular formula is C22H27N3O4. The van der Waals surface area contributed by atoms with E-state index >= 15 is 0 Å². The van der Waals surface area contributed by atoms with Gasteiger partial charge in [-0.1, -0.05) is 30.3 Å². The molecule has 2 amide bonds. The molecule has 1 fully saturated rings. The van der Waals surface area contributed by atoms with Crippen LogP contribution >= 0.6 is 0 Å². The van der Waals surface area contributed by atoms with Gasteiger partial charge in [-0.3, -0.25) is 9.59 Å². The van der Waals surface area contributed by atoms with E-state index in [1.165, 1.54) is 19.2 Å². The number of rotatable bonds is 4. The van der Waals surface area contributed by atoms with Gasteiger partial charge in [0.05, 0.1) is 6.04 Å². The minimum Gasteiger partial charge on any atom is -0.444 e. The maximum Gasteiger partial charge on any atom is 0.410 e. The van der Waals surface area contributed by atoms with Crippen molar-refractivity contribution in [2.24, 2.45) is 0 Å². The summed E-state index contributed by atoms with van der Waals surface area (Å²) in [6, 6.07) is 11.1. The van der Waals surface area contributed by atoms with Crippen molar-refractivity contribution in [1.82, 2.24) is 15.2 Å². The van der Waals surface area contributed by atoms with Crippen molar-refractivity contribution < 1.29 is 19.1 Å². The van der Waals surface area contributed by atoms with Gasteiger partial charge in [-0.2, -0.15) is 0 Å². The summed E-state index contributed by atoms with van der Waals surface area (Å²) in [4.78, 5) is 41.3. The van der Waals surface area contributed by atoms with Gasteiger partial charge in [0.25, 0.3) is 5.91 Å². The summed E-state index contributed by atoms with van der Waals surface area (Å²) in [5.74, 6) is -0.483. The third-order valence-electron chi connectivity index (χ3n) is 4.85. The first kappa shape index (κ1) is 20.6. The third kappa shape index (κ3) is 5.04. The van der Waals surface area contributed by atoms with E-state index in [0.717, 1.165) is 5.56 Å². The zero-order valence-electron chi connectivity index (χ0n) is 17.2. The van der Waals surface area contributed by atoms with Gasteiger partial charge in [-0.15, -0.1) is 0 Å². The highest BCUT2D eigenvalue weighted by Crippen LogP contribution is 2.29. The normalized spacial score (nSPS) is 19.1. The Morgan fingerprint density at radius 1 is 1.14 bits per heavy atom. The molecule has 0 aliphatic carbocycles. The fraction of sp³-hybridized carbons (Fsp3) is 0.409. The standard InChI is InChI=1S/C22H27N3O4/c1-14(26)16-10-18(23-11-16)20(27)24-19-13-25(21(28)29-22(2,3)4)12-17(19)15-8-6-5-7-9-15/h5-11,17,19,23H,12-13H2,1-4H3,(H,24,27)/t17-,19+/m0/s1. The summed E-state index contributed by atoms with van der Waals surface area (Å²) in [6.45, 7) is 7.73. The lowest BCUT2D eigenvalue weighted by Crippen LogP contribution is -2.41. The molecule has 0 bridgehead atoms. The number of ether oxygens (including phenoxy) is 1. The zero-order chi connectivity index (χ0) is 21.2. The number of benzene rings is 1. The number of H-pyrrole nitrogens is 1. The van der Waals surface area contributed by atoms with E-state index in [-0.39, 0.29) is 23.7 Å². The molecule has 154 valence electrons. The van der Waals surface area contributed by atoms with Gasteiger partial charge in [0.1, 0.15) is 11.3 Å². The quantitative estimate of drug-likeness (QED) is 0.774. The maximum absolute atomic E-state index is 12.7. The minimum absolute atomic E-state index is 0.0603. The van der Waals surface area contributed by atoms with Crippen LogP contribution in [0.3, 0.4) is 0 Å². The number of hydrogen-bond donors (Lipinski definition) is 2. The Kier molecular flexibility index (Phi) is 5.77. The number of nitrogens with zero attached hydrogens (tertiary/aromatic N) is 1. The number of aromatic nitrogens is 1. The lowest BCUT2D eigenvalue weighted by atomic mass is 9.94. The Hall–Kier alpha value is -3.09. The molecule has 1 aliphatic rings. The molecule has 1 saturated heterocycles. The molecule has 0 unspecified atom stereocenters. The highest BCUT2D eigenvalue weighted by Gasteiger charge is 2.39. The SMILES string of the molecule is CC(=O)c1c[nH]c(C(=O)N[C@@H]2CN(C(=O)OC(C)(C)C)C[C@H]2c2ccccc2)c1. The molecule has 7 nitrogen and oxygen atoms in total. The molecule has 7 heteroatoms. The zero-order valence-corrected chi connectivity index (χ0v) is 17.2. The smallest absolute Gasteiger partial charge is 0.410 e. The molecule has 1 aliphatic heterocycles. The van der Waals surface area contributed by atoms with Crippen LogP contribution in [-0.2, 0) is 4.74 Å². The second-order valence-corrected chi connectivity index (χ2v) is 8.34. The van der Waals surface area contributed by atoms with Crippen molar-refractivity contribution in [3.8, 4) is 0 Å². The molecule has 2 atom stereocenters. The van der Waals surface area contributed by atoms with Crippen molar-refractivity contribution in [1.29, 1.82) is 0 Å². The van der Waals surface area contributed by atoms with Crippen LogP contribution in [0.5, 0.6) is 0 Å². The molecular weight excluding hydrogens is 370 g/mol. The van der Waals surface area contributed by atoms with Crippen LogP contribution < -0.4 is 5.32 Å². The second-order valence-electron chi connectivity index (χ2n) is 8.34. The number of likely N-dealkylation sites (tertiary alicyclic amines) is 1. The topological polar surface area (TPSA) is 91.5 Å². The highest BCUT2D eigenvalue weighted by molar-refractivity contribution is 5.99. The van der Waals surface area contributed by atoms with Crippen LogP contribution in [0.25, 0.3) is 0 Å². The van der Waals surface area contributed by atoms with E-state index in [1.807, 2.05) is 51.1 Å². The van der Waals surface area contributed by atoms with Gasteiger partial charge in [-0.25, -0.2) is 4.79 Å². The summed E-state index contributed by atoms with van der Waals surface area (Å²) < 4.78 is 5.50. The van der Waals surface area contributed by atoms with E-state index in [1.54, 1.807) is 4.90 Å². The Bertz CT molecular complexity index is 898. The van der Waals surface area contributed by atoms with E-state index in [2.05, 4.69) is 10.3 Å². The summed E-state index contributed by atoms with van der Waals surface area (Å²) >= 11 is 0. The number of hydrogen-bond acceptors (Lipinski definition) is 4. The van der Waals surface area contributed by atoms with Crippen LogP contribution in [0.2, 0.25) is 0 Å². The summed E-state index contributed by atoms with van der Waals surface area (Å²) in [5, 5.41) is 3.01. The Labute approximate surface area is 170 Å². The molecule has 0 spiro atoms. The molecule has 2 heterocycles. The molecule has 0 radical (unpaired) electrons. The summed E-state index contributed by atoms with van der Waals surface area (Å²) in [6.07, 6.45) is 1.13. The average molecular weight is 397 g/mol. The third-order valence-corrected chi connectivity index (χ3v) is 4.85. The number of amides is 2. The Morgan fingerprint density at radius 2 is 1.83 bits per heavy atom. The molecule has 2 aromatic rings. The summed E-state index contributed by atoms with van der Waals surface area (Å²) in [7, 11) is 0. The van der Waals surface area contributed by atoms with Gasteiger partial charge in [0.2, 0.25) is 0 Å². The Balaban J connectivity index is 1.78. The number of Topliss-reactive ketones (excluding diaryl/α,β-unsaturated/α-hetero) is 1. The fourth-order valence-corrected chi connectivity index (χ4v) is 3.44. The lowest BCUT2D eigenvalue weighted by Gasteiger charge is -2.24. The van der Waals surface area contributed by atoms with Crippen LogP contribution in [-0.4, -0.2) is 52.4 Å². The molecule has 1 aromatic heterocycles. The van der Waals surface area contributed by atoms with Gasteiger partial charge in [-0.05, 0) is 39.3 Å². The Morgan fingerprint density at radius 3 is 2.41 bits per heavy atom. The molecule has 29 heavy (non-hydrogen) atoms. The molecule has 2 N–H and O–H groups in total. The fourth-order valence-electron chi connectivity index (χ4n) is 3.44. The first-order chi connectivity index (χ1) is 13.6. The number of aromatic amines is 1. The monoisotopic (exact) mass is 397 g/mol. The molecule has 0 saturated carbocycles. The van der Waals surface area contributed by atoms with Crippen LogP contribution in [0.1, 0.15) is 60.0 Å². The van der Waals surface area contributed by atoms with Crippen LogP contribution in [0.4, 0.5) is 4.79 Å². The molecule has 3 rings (SSSR count). The molecule has 1 aromatic carbocycles. The van der Waals surface area contributed by atoms with E-state index in [0.29, 0.717) is 24.3 Å². The minimum atomic E-state index is -0.589. The second kappa shape index (κ2) is 8.11. The van der Waals surface area contributed by atoms with Gasteiger partial charge in [0, 0.05) is 30.8 Å². The van der Waals surface area contributed by atoms with E-state index in [9.17, 15) is 14.4 Å². The maximum atomic E-state index is 12.7.